The highest BCUT2D eigenvalue weighted by molar-refractivity contribution is 5.45. The summed E-state index contributed by atoms with van der Waals surface area (Å²) < 4.78 is 1.77. The Hall–Kier alpha value is -1.86. The van der Waals surface area contributed by atoms with E-state index >= 15 is 0 Å². The molecule has 0 aromatic carbocycles. The predicted octanol–water partition coefficient (Wildman–Crippen LogP) is 0.958. The number of aryl methyl sites for hydroxylation is 1. The lowest BCUT2D eigenvalue weighted by molar-refractivity contribution is 0.230. The minimum Gasteiger partial charge on any atom is -0.374 e. The molecule has 0 saturated carbocycles. The Morgan fingerprint density at radius 2 is 2.40 bits per heavy atom. The van der Waals surface area contributed by atoms with Gasteiger partial charge < -0.3 is 5.11 Å². The highest BCUT2D eigenvalue weighted by atomic mass is 16.3. The number of aliphatic hydroxyl groups excluding tert-OH is 1. The Bertz CT molecular complexity index is 524. The fraction of sp³-hybridized carbons (Fsp3) is 0.273. The van der Waals surface area contributed by atoms with Gasteiger partial charge in [-0.25, -0.2) is 4.98 Å². The minimum atomic E-state index is -0.939. The summed E-state index contributed by atoms with van der Waals surface area (Å²) in [6.07, 6.45) is 10.0. The second-order valence-corrected chi connectivity index (χ2v) is 3.20. The van der Waals surface area contributed by atoms with Crippen LogP contribution < -0.4 is 0 Å². The first-order valence-corrected chi connectivity index (χ1v) is 4.72. The molecule has 1 atom stereocenters. The topological polar surface area (TPSA) is 50.4 Å². The number of terminal acetylenes is 1. The van der Waals surface area contributed by atoms with Crippen LogP contribution in [0.1, 0.15) is 24.4 Å². The molecule has 0 aliphatic carbocycles. The molecule has 4 heteroatoms. The molecule has 0 saturated heterocycles. The SMILES string of the molecule is C#CC(O)c1c(CC)ncc2cncn12. The van der Waals surface area contributed by atoms with Gasteiger partial charge in [0.2, 0.25) is 0 Å². The van der Waals surface area contributed by atoms with Crippen LogP contribution in [-0.4, -0.2) is 19.5 Å². The second kappa shape index (κ2) is 3.71. The third kappa shape index (κ3) is 1.47. The first-order valence-electron chi connectivity index (χ1n) is 4.72. The van der Waals surface area contributed by atoms with E-state index < -0.39 is 6.10 Å². The van der Waals surface area contributed by atoms with Crippen LogP contribution in [0.25, 0.3) is 5.52 Å². The average molecular weight is 201 g/mol. The largest absolute Gasteiger partial charge is 0.374 e. The van der Waals surface area contributed by atoms with Gasteiger partial charge in [0, 0.05) is 0 Å². The van der Waals surface area contributed by atoms with Gasteiger partial charge in [-0.2, -0.15) is 0 Å². The molecule has 0 aliphatic rings. The summed E-state index contributed by atoms with van der Waals surface area (Å²) in [6.45, 7) is 1.97. The van der Waals surface area contributed by atoms with Crippen LogP contribution in [0, 0.1) is 12.3 Å². The van der Waals surface area contributed by atoms with E-state index in [9.17, 15) is 5.11 Å². The molecule has 0 aliphatic heterocycles. The molecule has 0 fully saturated rings. The summed E-state index contributed by atoms with van der Waals surface area (Å²) in [5.41, 5.74) is 2.26. The Labute approximate surface area is 87.6 Å². The van der Waals surface area contributed by atoms with Crippen molar-refractivity contribution in [1.82, 2.24) is 14.4 Å². The van der Waals surface area contributed by atoms with Crippen molar-refractivity contribution in [3.63, 3.8) is 0 Å². The number of rotatable bonds is 2. The molecule has 76 valence electrons. The van der Waals surface area contributed by atoms with E-state index in [-0.39, 0.29) is 0 Å². The van der Waals surface area contributed by atoms with E-state index in [1.54, 1.807) is 23.1 Å². The Kier molecular flexibility index (Phi) is 2.40. The van der Waals surface area contributed by atoms with Crippen LogP contribution in [0.4, 0.5) is 0 Å². The second-order valence-electron chi connectivity index (χ2n) is 3.20. The normalized spacial score (nSPS) is 12.6. The highest BCUT2D eigenvalue weighted by Crippen LogP contribution is 2.18. The molecule has 0 radical (unpaired) electrons. The molecular weight excluding hydrogens is 190 g/mol. The Balaban J connectivity index is 2.75. The summed E-state index contributed by atoms with van der Waals surface area (Å²) in [6, 6.07) is 0. The van der Waals surface area contributed by atoms with Gasteiger partial charge >= 0.3 is 0 Å². The zero-order chi connectivity index (χ0) is 10.8. The van der Waals surface area contributed by atoms with Gasteiger partial charge in [0.25, 0.3) is 0 Å². The zero-order valence-corrected chi connectivity index (χ0v) is 8.38. The molecule has 1 N–H and O–H groups in total. The van der Waals surface area contributed by atoms with Crippen LogP contribution >= 0.6 is 0 Å². The number of aromatic nitrogens is 3. The molecule has 1 unspecified atom stereocenters. The fourth-order valence-corrected chi connectivity index (χ4v) is 1.59. The number of nitrogens with zero attached hydrogens (tertiary/aromatic N) is 3. The highest BCUT2D eigenvalue weighted by Gasteiger charge is 2.14. The first-order chi connectivity index (χ1) is 7.27. The summed E-state index contributed by atoms with van der Waals surface area (Å²) in [7, 11) is 0. The maximum absolute atomic E-state index is 9.73. The van der Waals surface area contributed by atoms with E-state index in [1.165, 1.54) is 0 Å². The van der Waals surface area contributed by atoms with Crippen molar-refractivity contribution in [3.05, 3.63) is 30.1 Å². The van der Waals surface area contributed by atoms with Crippen LogP contribution in [0.2, 0.25) is 0 Å². The zero-order valence-electron chi connectivity index (χ0n) is 8.38. The molecule has 2 heterocycles. The van der Waals surface area contributed by atoms with E-state index in [2.05, 4.69) is 15.9 Å². The number of imidazole rings is 1. The van der Waals surface area contributed by atoms with Crippen molar-refractivity contribution in [2.45, 2.75) is 19.4 Å². The van der Waals surface area contributed by atoms with Crippen LogP contribution in [-0.2, 0) is 6.42 Å². The van der Waals surface area contributed by atoms with Crippen molar-refractivity contribution in [1.29, 1.82) is 0 Å². The minimum absolute atomic E-state index is 0.634. The van der Waals surface area contributed by atoms with Gasteiger partial charge in [-0.15, -0.1) is 6.42 Å². The monoisotopic (exact) mass is 201 g/mol. The molecule has 0 spiro atoms. The summed E-state index contributed by atoms with van der Waals surface area (Å²) in [5.74, 6) is 2.30. The average Bonchev–Trinajstić information content (AvgIpc) is 2.74. The van der Waals surface area contributed by atoms with Crippen molar-refractivity contribution in [3.8, 4) is 12.3 Å². The van der Waals surface area contributed by atoms with Crippen molar-refractivity contribution in [2.75, 3.05) is 0 Å². The third-order valence-corrected chi connectivity index (χ3v) is 2.33. The molecule has 15 heavy (non-hydrogen) atoms. The molecule has 2 aromatic rings. The van der Waals surface area contributed by atoms with Gasteiger partial charge in [0.15, 0.2) is 6.10 Å². The Morgan fingerprint density at radius 1 is 1.60 bits per heavy atom. The van der Waals surface area contributed by atoms with Crippen LogP contribution in [0.5, 0.6) is 0 Å². The van der Waals surface area contributed by atoms with Crippen molar-refractivity contribution in [2.24, 2.45) is 0 Å². The van der Waals surface area contributed by atoms with Crippen molar-refractivity contribution < 1.29 is 5.11 Å². The van der Waals surface area contributed by atoms with Gasteiger partial charge in [-0.1, -0.05) is 12.8 Å². The maximum atomic E-state index is 9.73. The number of hydrogen-bond donors (Lipinski definition) is 1. The number of aliphatic hydroxyl groups is 1. The van der Waals surface area contributed by atoms with Crippen LogP contribution in [0.3, 0.4) is 0 Å². The van der Waals surface area contributed by atoms with Gasteiger partial charge in [0.05, 0.1) is 35.6 Å². The first kappa shape index (κ1) is 9.69. The molecule has 4 nitrogen and oxygen atoms in total. The summed E-state index contributed by atoms with van der Waals surface area (Å²) in [4.78, 5) is 8.25. The third-order valence-electron chi connectivity index (χ3n) is 2.33. The lowest BCUT2D eigenvalue weighted by Gasteiger charge is -2.11. The van der Waals surface area contributed by atoms with Gasteiger partial charge in [-0.05, 0) is 6.42 Å². The van der Waals surface area contributed by atoms with Gasteiger partial charge in [-0.3, -0.25) is 9.38 Å². The Morgan fingerprint density at radius 3 is 3.07 bits per heavy atom. The molecule has 2 aromatic heterocycles. The van der Waals surface area contributed by atoms with E-state index in [4.69, 9.17) is 6.42 Å². The van der Waals surface area contributed by atoms with E-state index in [1.807, 2.05) is 6.92 Å². The summed E-state index contributed by atoms with van der Waals surface area (Å²) >= 11 is 0. The van der Waals surface area contributed by atoms with Gasteiger partial charge in [0.1, 0.15) is 0 Å². The molecule has 0 amide bonds. The van der Waals surface area contributed by atoms with E-state index in [0.29, 0.717) is 5.69 Å². The molecule has 2 rings (SSSR count). The van der Waals surface area contributed by atoms with E-state index in [0.717, 1.165) is 17.6 Å². The number of fused-ring (bicyclic) bond motifs is 1. The van der Waals surface area contributed by atoms with Crippen LogP contribution in [0.15, 0.2) is 18.7 Å². The van der Waals surface area contributed by atoms with Crippen molar-refractivity contribution >= 4 is 5.52 Å². The quantitative estimate of drug-likeness (QED) is 0.736. The summed E-state index contributed by atoms with van der Waals surface area (Å²) in [5, 5.41) is 9.73. The lowest BCUT2D eigenvalue weighted by atomic mass is 10.1. The maximum Gasteiger partial charge on any atom is 0.156 e. The standard InChI is InChI=1S/C11H11N3O/c1-3-9-11(10(15)4-2)14-7-12-5-8(14)6-13-9/h2,5-7,10,15H,3H2,1H3. The predicted molar refractivity (Wildman–Crippen MR) is 56.2 cm³/mol. The fourth-order valence-electron chi connectivity index (χ4n) is 1.59. The molecule has 0 bridgehead atoms. The smallest absolute Gasteiger partial charge is 0.156 e. The lowest BCUT2D eigenvalue weighted by Crippen LogP contribution is -2.08. The molecular formula is C11H11N3O. The number of hydrogen-bond acceptors (Lipinski definition) is 3.